The maximum atomic E-state index is 4.61. The second kappa shape index (κ2) is 3.96. The van der Waals surface area contributed by atoms with Gasteiger partial charge in [-0.25, -0.2) is 0 Å². The van der Waals surface area contributed by atoms with E-state index in [1.807, 2.05) is 6.20 Å². The Bertz CT molecular complexity index is 328. The molecule has 1 heterocycles. The molecule has 0 bridgehead atoms. The van der Waals surface area contributed by atoms with Crippen LogP contribution < -0.4 is 0 Å². The topological polar surface area (TPSA) is 12.9 Å². The minimum absolute atomic E-state index is 0.603. The lowest BCUT2D eigenvalue weighted by Gasteiger charge is -2.19. The minimum atomic E-state index is 0.603. The van der Waals surface area contributed by atoms with E-state index >= 15 is 0 Å². The summed E-state index contributed by atoms with van der Waals surface area (Å²) >= 11 is 0. The molecule has 0 spiro atoms. The van der Waals surface area contributed by atoms with Gasteiger partial charge in [0.1, 0.15) is 0 Å². The third kappa shape index (κ3) is 2.06. The van der Waals surface area contributed by atoms with Gasteiger partial charge in [0, 0.05) is 17.8 Å². The van der Waals surface area contributed by atoms with Crippen molar-refractivity contribution in [3.8, 4) is 0 Å². The fraction of sp³-hybridized carbons (Fsp3) is 0.643. The first kappa shape index (κ1) is 10.7. The lowest BCUT2D eigenvalue weighted by Crippen LogP contribution is -2.05. The molecule has 1 fully saturated rings. The van der Waals surface area contributed by atoms with Crippen molar-refractivity contribution in [2.45, 2.75) is 58.3 Å². The average Bonchev–Trinajstić information content (AvgIpc) is 2.99. The third-order valence-corrected chi connectivity index (χ3v) is 3.22. The molecule has 0 atom stereocenters. The molecule has 1 aliphatic carbocycles. The Morgan fingerprint density at radius 3 is 2.27 bits per heavy atom. The van der Waals surface area contributed by atoms with Gasteiger partial charge in [-0.3, -0.25) is 4.98 Å². The number of aromatic nitrogens is 1. The fourth-order valence-electron chi connectivity index (χ4n) is 2.32. The lowest BCUT2D eigenvalue weighted by molar-refractivity contribution is 0.759. The number of rotatable bonds is 3. The van der Waals surface area contributed by atoms with Crippen LogP contribution in [0.4, 0.5) is 0 Å². The number of hydrogen-bond donors (Lipinski definition) is 0. The summed E-state index contributed by atoms with van der Waals surface area (Å²) in [6.07, 6.45) is 4.68. The first-order valence-electron chi connectivity index (χ1n) is 6.10. The minimum Gasteiger partial charge on any atom is -0.261 e. The third-order valence-electron chi connectivity index (χ3n) is 3.22. The second-order valence-electron chi connectivity index (χ2n) is 5.28. The van der Waals surface area contributed by atoms with Crippen molar-refractivity contribution in [3.63, 3.8) is 0 Å². The molecule has 15 heavy (non-hydrogen) atoms. The Kier molecular flexibility index (Phi) is 2.81. The average molecular weight is 203 g/mol. The molecule has 1 heteroatoms. The zero-order valence-electron chi connectivity index (χ0n) is 10.2. The first-order valence-corrected chi connectivity index (χ1v) is 6.10. The molecule has 1 aromatic heterocycles. The summed E-state index contributed by atoms with van der Waals surface area (Å²) in [6, 6.07) is 2.20. The van der Waals surface area contributed by atoms with Gasteiger partial charge in [0.25, 0.3) is 0 Å². The van der Waals surface area contributed by atoms with Gasteiger partial charge in [-0.1, -0.05) is 27.7 Å². The van der Waals surface area contributed by atoms with Crippen LogP contribution in [-0.4, -0.2) is 4.98 Å². The van der Waals surface area contributed by atoms with Crippen LogP contribution >= 0.6 is 0 Å². The van der Waals surface area contributed by atoms with E-state index in [1.54, 1.807) is 0 Å². The summed E-state index contributed by atoms with van der Waals surface area (Å²) in [5.41, 5.74) is 4.41. The van der Waals surface area contributed by atoms with Gasteiger partial charge in [0.15, 0.2) is 0 Å². The highest BCUT2D eigenvalue weighted by molar-refractivity contribution is 5.38. The fourth-order valence-corrected chi connectivity index (χ4v) is 2.32. The molecule has 0 amide bonds. The van der Waals surface area contributed by atoms with Gasteiger partial charge < -0.3 is 0 Å². The van der Waals surface area contributed by atoms with E-state index < -0.39 is 0 Å². The largest absolute Gasteiger partial charge is 0.261 e. The SMILES string of the molecule is CC(C)c1ccnc(C2CC2)c1C(C)C. The van der Waals surface area contributed by atoms with Gasteiger partial charge in [0.2, 0.25) is 0 Å². The van der Waals surface area contributed by atoms with Crippen LogP contribution in [0.5, 0.6) is 0 Å². The van der Waals surface area contributed by atoms with E-state index in [1.165, 1.54) is 29.7 Å². The van der Waals surface area contributed by atoms with E-state index in [4.69, 9.17) is 0 Å². The highest BCUT2D eigenvalue weighted by Gasteiger charge is 2.29. The molecular formula is C14H21N. The molecule has 0 N–H and O–H groups in total. The van der Waals surface area contributed by atoms with Crippen LogP contribution in [0.1, 0.15) is 75.1 Å². The summed E-state index contributed by atoms with van der Waals surface area (Å²) in [4.78, 5) is 4.61. The Morgan fingerprint density at radius 1 is 1.13 bits per heavy atom. The van der Waals surface area contributed by atoms with Crippen molar-refractivity contribution in [2.24, 2.45) is 0 Å². The molecule has 0 unspecified atom stereocenters. The van der Waals surface area contributed by atoms with E-state index in [9.17, 15) is 0 Å². The highest BCUT2D eigenvalue weighted by Crippen LogP contribution is 2.43. The Hall–Kier alpha value is -0.850. The lowest BCUT2D eigenvalue weighted by atomic mass is 9.88. The van der Waals surface area contributed by atoms with Crippen molar-refractivity contribution < 1.29 is 0 Å². The van der Waals surface area contributed by atoms with Crippen molar-refractivity contribution in [2.75, 3.05) is 0 Å². The van der Waals surface area contributed by atoms with Crippen LogP contribution in [0.3, 0.4) is 0 Å². The van der Waals surface area contributed by atoms with E-state index in [0.29, 0.717) is 11.8 Å². The van der Waals surface area contributed by atoms with Crippen molar-refractivity contribution >= 4 is 0 Å². The van der Waals surface area contributed by atoms with Gasteiger partial charge >= 0.3 is 0 Å². The van der Waals surface area contributed by atoms with Crippen molar-refractivity contribution in [1.29, 1.82) is 0 Å². The Balaban J connectivity index is 2.50. The highest BCUT2D eigenvalue weighted by atomic mass is 14.7. The predicted molar refractivity (Wildman–Crippen MR) is 64.4 cm³/mol. The quantitative estimate of drug-likeness (QED) is 0.717. The maximum absolute atomic E-state index is 4.61. The van der Waals surface area contributed by atoms with Crippen LogP contribution in [0.15, 0.2) is 12.3 Å². The maximum Gasteiger partial charge on any atom is 0.0471 e. The van der Waals surface area contributed by atoms with E-state index in [0.717, 1.165) is 5.92 Å². The molecule has 1 aliphatic rings. The summed E-state index contributed by atoms with van der Waals surface area (Å²) in [7, 11) is 0. The van der Waals surface area contributed by atoms with Crippen LogP contribution in [0.25, 0.3) is 0 Å². The van der Waals surface area contributed by atoms with Gasteiger partial charge in [-0.05, 0) is 41.9 Å². The number of pyridine rings is 1. The second-order valence-corrected chi connectivity index (χ2v) is 5.28. The zero-order valence-corrected chi connectivity index (χ0v) is 10.2. The molecule has 1 nitrogen and oxygen atoms in total. The molecule has 0 aromatic carbocycles. The van der Waals surface area contributed by atoms with Crippen molar-refractivity contribution in [3.05, 3.63) is 29.1 Å². The Morgan fingerprint density at radius 2 is 1.80 bits per heavy atom. The normalized spacial score (nSPS) is 16.4. The first-order chi connectivity index (χ1) is 7.11. The Labute approximate surface area is 92.9 Å². The molecular weight excluding hydrogens is 182 g/mol. The van der Waals surface area contributed by atoms with Crippen LogP contribution in [0, 0.1) is 0 Å². The molecule has 0 saturated heterocycles. The van der Waals surface area contributed by atoms with E-state index in [-0.39, 0.29) is 0 Å². The van der Waals surface area contributed by atoms with Gasteiger partial charge in [0.05, 0.1) is 0 Å². The van der Waals surface area contributed by atoms with Gasteiger partial charge in [-0.15, -0.1) is 0 Å². The molecule has 1 aromatic rings. The van der Waals surface area contributed by atoms with Crippen LogP contribution in [0.2, 0.25) is 0 Å². The molecule has 0 radical (unpaired) electrons. The van der Waals surface area contributed by atoms with Crippen LogP contribution in [-0.2, 0) is 0 Å². The zero-order chi connectivity index (χ0) is 11.0. The monoisotopic (exact) mass is 203 g/mol. The summed E-state index contributed by atoms with van der Waals surface area (Å²) < 4.78 is 0. The number of hydrogen-bond acceptors (Lipinski definition) is 1. The summed E-state index contributed by atoms with van der Waals surface area (Å²) in [5.74, 6) is 1.98. The van der Waals surface area contributed by atoms with Gasteiger partial charge in [-0.2, -0.15) is 0 Å². The number of nitrogens with zero attached hydrogens (tertiary/aromatic N) is 1. The summed E-state index contributed by atoms with van der Waals surface area (Å²) in [5, 5.41) is 0. The molecule has 2 rings (SSSR count). The molecule has 0 aliphatic heterocycles. The molecule has 1 saturated carbocycles. The van der Waals surface area contributed by atoms with Crippen molar-refractivity contribution in [1.82, 2.24) is 4.98 Å². The predicted octanol–water partition coefficient (Wildman–Crippen LogP) is 4.21. The standard InChI is InChI=1S/C14H21N/c1-9(2)12-7-8-15-14(11-5-6-11)13(12)10(3)4/h7-11H,5-6H2,1-4H3. The summed E-state index contributed by atoms with van der Waals surface area (Å²) in [6.45, 7) is 9.12. The smallest absolute Gasteiger partial charge is 0.0471 e. The van der Waals surface area contributed by atoms with E-state index in [2.05, 4.69) is 38.7 Å². The molecule has 82 valence electrons.